The standard InChI is InChI=1S/C23H15N2S.C19H26NSi.Ir/c1-15-10-11-19-22-18(8-5-9-21(22)26-23(19)25-15)20-14-17(12-13-24-20)16-6-3-2-4-7-16;1-19(2,3)13-16-12-17(15-10-8-7-9-11-15)20-14-18(16)21(4,5)6;/h2-7,9-14H,1H3;7-10,12,14H,13H2,1-6H3;/q2*-1;/i1D3;;. The molecule has 0 atom stereocenters. The number of benzene rings is 3. The van der Waals surface area contributed by atoms with E-state index in [1.807, 2.05) is 66.9 Å². The van der Waals surface area contributed by atoms with Gasteiger partial charge in [0.25, 0.3) is 0 Å². The second-order valence-electron chi connectivity index (χ2n) is 14.0. The topological polar surface area (TPSA) is 38.7 Å². The Morgan fingerprint density at radius 3 is 2.31 bits per heavy atom. The van der Waals surface area contributed by atoms with Crippen LogP contribution in [0.4, 0.5) is 0 Å². The molecule has 0 aliphatic rings. The van der Waals surface area contributed by atoms with E-state index in [1.54, 1.807) is 6.07 Å². The molecule has 0 saturated carbocycles. The fourth-order valence-corrected chi connectivity index (χ4v) is 8.47. The summed E-state index contributed by atoms with van der Waals surface area (Å²) in [6, 6.07) is 38.5. The minimum absolute atomic E-state index is 0. The fourth-order valence-electron chi connectivity index (χ4n) is 5.81. The first-order valence-electron chi connectivity index (χ1n) is 17.4. The monoisotopic (exact) mass is 843 g/mol. The van der Waals surface area contributed by atoms with Crippen LogP contribution in [-0.4, -0.2) is 23.0 Å². The van der Waals surface area contributed by atoms with Crippen molar-refractivity contribution >= 4 is 44.9 Å². The van der Waals surface area contributed by atoms with Crippen molar-refractivity contribution in [3.05, 3.63) is 133 Å². The Bertz CT molecular complexity index is 2260. The maximum absolute atomic E-state index is 7.62. The van der Waals surface area contributed by atoms with Gasteiger partial charge in [-0.2, -0.15) is 0 Å². The van der Waals surface area contributed by atoms with Gasteiger partial charge in [-0.3, -0.25) is 0 Å². The van der Waals surface area contributed by atoms with Gasteiger partial charge in [0.2, 0.25) is 0 Å². The van der Waals surface area contributed by atoms with Gasteiger partial charge in [-0.25, -0.2) is 4.98 Å². The molecule has 0 spiro atoms. The molecule has 1 radical (unpaired) electrons. The zero-order valence-corrected chi connectivity index (χ0v) is 32.4. The SMILES string of the molecule is CC(C)(C)Cc1cc(-c2[c-]cccc2)ncc1[Si](C)(C)C.[2H]C([2H])([2H])c1ccc2c(n1)sc1cc[c-]c(-c3cc(-c4ccccc4)ccn3)c12.[Ir]. The Balaban J connectivity index is 0.000000205. The number of hydrogen-bond donors (Lipinski definition) is 0. The number of fused-ring (bicyclic) bond motifs is 3. The molecule has 0 amide bonds. The van der Waals surface area contributed by atoms with Gasteiger partial charge in [0.1, 0.15) is 4.83 Å². The molecule has 4 aromatic heterocycles. The van der Waals surface area contributed by atoms with Crippen LogP contribution in [0.2, 0.25) is 19.6 Å². The molecular weight excluding hydrogens is 799 g/mol. The van der Waals surface area contributed by atoms with Gasteiger partial charge in [-0.15, -0.1) is 71.0 Å². The molecule has 7 aromatic rings. The zero-order chi connectivity index (χ0) is 35.7. The number of aryl methyl sites for hydroxylation is 1. The molecule has 0 aliphatic heterocycles. The van der Waals surface area contributed by atoms with Crippen LogP contribution in [0.1, 0.15) is 36.1 Å². The predicted octanol–water partition coefficient (Wildman–Crippen LogP) is 11.0. The molecule has 0 aliphatic carbocycles. The van der Waals surface area contributed by atoms with E-state index >= 15 is 0 Å². The van der Waals surface area contributed by atoms with Crippen molar-refractivity contribution in [1.82, 2.24) is 15.0 Å². The van der Waals surface area contributed by atoms with E-state index in [9.17, 15) is 0 Å². The third-order valence-electron chi connectivity index (χ3n) is 7.92. The van der Waals surface area contributed by atoms with Crippen molar-refractivity contribution in [2.45, 2.75) is 53.7 Å². The summed E-state index contributed by atoms with van der Waals surface area (Å²) in [6.45, 7) is 11.9. The van der Waals surface area contributed by atoms with Gasteiger partial charge in [0, 0.05) is 42.3 Å². The summed E-state index contributed by atoms with van der Waals surface area (Å²) >= 11 is 1.49. The number of aromatic nitrogens is 3. The second kappa shape index (κ2) is 14.8. The smallest absolute Gasteiger partial charge is 0.113 e. The summed E-state index contributed by atoms with van der Waals surface area (Å²) in [4.78, 5) is 14.4. The predicted molar refractivity (Wildman–Crippen MR) is 204 cm³/mol. The van der Waals surface area contributed by atoms with E-state index in [4.69, 9.17) is 9.10 Å². The van der Waals surface area contributed by atoms with E-state index in [0.717, 1.165) is 55.5 Å². The zero-order valence-electron chi connectivity index (χ0n) is 31.2. The van der Waals surface area contributed by atoms with Crippen molar-refractivity contribution in [2.24, 2.45) is 5.41 Å². The maximum Gasteiger partial charge on any atom is 0.113 e. The summed E-state index contributed by atoms with van der Waals surface area (Å²) in [5.74, 6) is 0. The summed E-state index contributed by atoms with van der Waals surface area (Å²) in [5, 5.41) is 3.42. The van der Waals surface area contributed by atoms with Gasteiger partial charge >= 0.3 is 0 Å². The molecule has 0 N–H and O–H groups in total. The van der Waals surface area contributed by atoms with E-state index in [2.05, 4.69) is 99.0 Å². The third-order valence-corrected chi connectivity index (χ3v) is 11.1. The summed E-state index contributed by atoms with van der Waals surface area (Å²) in [5.41, 5.74) is 7.92. The number of pyridine rings is 3. The van der Waals surface area contributed by atoms with Gasteiger partial charge < -0.3 is 9.97 Å². The van der Waals surface area contributed by atoms with Crippen molar-refractivity contribution in [3.63, 3.8) is 0 Å². The third kappa shape index (κ3) is 8.25. The van der Waals surface area contributed by atoms with Crippen molar-refractivity contribution in [3.8, 4) is 33.6 Å². The van der Waals surface area contributed by atoms with E-state index in [0.29, 0.717) is 4.83 Å². The van der Waals surface area contributed by atoms with Crippen LogP contribution in [-0.2, 0) is 26.5 Å². The number of nitrogens with zero attached hydrogens (tertiary/aromatic N) is 3. The molecule has 48 heavy (non-hydrogen) atoms. The van der Waals surface area contributed by atoms with Crippen LogP contribution in [0.25, 0.3) is 53.9 Å². The van der Waals surface area contributed by atoms with Crippen molar-refractivity contribution in [1.29, 1.82) is 0 Å². The Labute approximate surface area is 308 Å². The van der Waals surface area contributed by atoms with E-state index in [-0.39, 0.29) is 31.2 Å². The minimum Gasteiger partial charge on any atom is -0.305 e. The average Bonchev–Trinajstić information content (AvgIpc) is 3.46. The summed E-state index contributed by atoms with van der Waals surface area (Å²) < 4.78 is 23.9. The normalized spacial score (nSPS) is 12.8. The summed E-state index contributed by atoms with van der Waals surface area (Å²) in [6.07, 6.45) is 5.02. The molecule has 245 valence electrons. The molecule has 6 heteroatoms. The molecule has 0 fully saturated rings. The van der Waals surface area contributed by atoms with Crippen molar-refractivity contribution in [2.75, 3.05) is 0 Å². The first kappa shape index (κ1) is 31.5. The Morgan fingerprint density at radius 2 is 1.60 bits per heavy atom. The maximum atomic E-state index is 7.62. The minimum atomic E-state index is -2.22. The van der Waals surface area contributed by atoms with E-state index < -0.39 is 14.9 Å². The largest absolute Gasteiger partial charge is 0.305 e. The van der Waals surface area contributed by atoms with Crippen molar-refractivity contribution < 1.29 is 24.2 Å². The fraction of sp³-hybridized carbons (Fsp3) is 0.214. The van der Waals surface area contributed by atoms with Gasteiger partial charge in [-0.05, 0) is 68.6 Å². The number of rotatable bonds is 5. The molecule has 0 saturated heterocycles. The number of hydrogen-bond acceptors (Lipinski definition) is 4. The molecule has 0 unspecified atom stereocenters. The van der Waals surface area contributed by atoms with Crippen LogP contribution in [0.5, 0.6) is 0 Å². The van der Waals surface area contributed by atoms with Crippen LogP contribution < -0.4 is 5.19 Å². The van der Waals surface area contributed by atoms with Crippen LogP contribution in [0.15, 0.2) is 109 Å². The quantitative estimate of drug-likeness (QED) is 0.128. The molecule has 3 aromatic carbocycles. The Morgan fingerprint density at radius 1 is 0.812 bits per heavy atom. The van der Waals surface area contributed by atoms with Crippen LogP contribution in [0.3, 0.4) is 0 Å². The first-order valence-corrected chi connectivity index (χ1v) is 20.2. The van der Waals surface area contributed by atoms with Gasteiger partial charge in [0.15, 0.2) is 0 Å². The Kier molecular flexibility index (Phi) is 9.67. The summed E-state index contributed by atoms with van der Waals surface area (Å²) in [7, 11) is -1.37. The molecular formula is C42H41IrN3SSi-2. The molecule has 0 bridgehead atoms. The Hall–Kier alpha value is -3.80. The molecule has 4 heterocycles. The second-order valence-corrected chi connectivity index (χ2v) is 20.1. The van der Waals surface area contributed by atoms with Gasteiger partial charge in [-0.1, -0.05) is 99.9 Å². The van der Waals surface area contributed by atoms with E-state index in [1.165, 1.54) is 22.1 Å². The first-order chi connectivity index (χ1) is 23.7. The van der Waals surface area contributed by atoms with Gasteiger partial charge in [0.05, 0.1) is 8.07 Å². The van der Waals surface area contributed by atoms with Crippen LogP contribution in [0, 0.1) is 24.4 Å². The average molecular weight is 843 g/mol. The molecule has 3 nitrogen and oxygen atoms in total. The van der Waals surface area contributed by atoms with Crippen LogP contribution >= 0.6 is 11.3 Å². The molecule has 7 rings (SSSR count). The number of thiophene rings is 1.